The van der Waals surface area contributed by atoms with Crippen LogP contribution in [0.1, 0.15) is 36.4 Å². The van der Waals surface area contributed by atoms with E-state index in [2.05, 4.69) is 20.2 Å². The van der Waals surface area contributed by atoms with Gasteiger partial charge in [0.25, 0.3) is 0 Å². The molecule has 0 fully saturated rings. The van der Waals surface area contributed by atoms with Gasteiger partial charge in [-0.15, -0.1) is 0 Å². The third kappa shape index (κ3) is 4.05. The molecule has 0 aliphatic heterocycles. The van der Waals surface area contributed by atoms with Gasteiger partial charge in [0.15, 0.2) is 11.6 Å². The van der Waals surface area contributed by atoms with Crippen LogP contribution in [0.15, 0.2) is 61.2 Å². The average Bonchev–Trinajstić information content (AvgIpc) is 3.44. The zero-order valence-electron chi connectivity index (χ0n) is 16.7. The van der Waals surface area contributed by atoms with Gasteiger partial charge in [-0.2, -0.15) is 23.4 Å². The first kappa shape index (κ1) is 20.7. The molecule has 31 heavy (non-hydrogen) atoms. The van der Waals surface area contributed by atoms with Crippen LogP contribution in [0.25, 0.3) is 11.6 Å². The minimum Gasteiger partial charge on any atom is -0.246 e. The smallest absolute Gasteiger partial charge is 0.246 e. The van der Waals surface area contributed by atoms with E-state index in [1.165, 1.54) is 10.9 Å². The highest BCUT2D eigenvalue weighted by atomic mass is 19.4. The van der Waals surface area contributed by atoms with Gasteiger partial charge in [0, 0.05) is 23.4 Å². The molecule has 10 heteroatoms. The lowest BCUT2D eigenvalue weighted by atomic mass is 9.84. The third-order valence-electron chi connectivity index (χ3n) is 4.92. The van der Waals surface area contributed by atoms with Crippen molar-refractivity contribution < 1.29 is 17.6 Å². The maximum absolute atomic E-state index is 12.9. The number of pyridine rings is 2. The first-order valence-electron chi connectivity index (χ1n) is 9.35. The summed E-state index contributed by atoms with van der Waals surface area (Å²) in [6.45, 7) is 3.20. The zero-order chi connectivity index (χ0) is 22.2. The van der Waals surface area contributed by atoms with Gasteiger partial charge < -0.3 is 0 Å². The van der Waals surface area contributed by atoms with Crippen molar-refractivity contribution >= 4 is 0 Å². The van der Waals surface area contributed by atoms with Gasteiger partial charge in [-0.3, -0.25) is 0 Å². The van der Waals surface area contributed by atoms with Gasteiger partial charge in [-0.25, -0.2) is 23.7 Å². The van der Waals surface area contributed by atoms with Gasteiger partial charge in [-0.1, -0.05) is 12.1 Å². The molecule has 4 aromatic rings. The molecule has 0 aliphatic rings. The normalized spacial score (nSPS) is 12.3. The highest BCUT2D eigenvalue weighted by Crippen LogP contribution is 2.31. The van der Waals surface area contributed by atoms with Crippen molar-refractivity contribution in [1.29, 1.82) is 0 Å². The minimum atomic E-state index is -4.48. The number of hydrogen-bond acceptors (Lipinski definition) is 4. The number of hydrogen-bond donors (Lipinski definition) is 0. The maximum Gasteiger partial charge on any atom is 0.419 e. The molecule has 0 radical (unpaired) electrons. The molecule has 0 unspecified atom stereocenters. The van der Waals surface area contributed by atoms with Crippen LogP contribution in [0.4, 0.5) is 17.6 Å². The molecule has 0 atom stereocenters. The SMILES string of the molecule is CC(C)(c1cccc(-n2cc(CF)cn2)n1)c1cccc(-n2cc(C(F)(F)F)cn2)n1. The van der Waals surface area contributed by atoms with E-state index in [0.717, 1.165) is 17.1 Å². The van der Waals surface area contributed by atoms with Crippen molar-refractivity contribution in [2.45, 2.75) is 32.1 Å². The van der Waals surface area contributed by atoms with Crippen molar-refractivity contribution in [3.05, 3.63) is 83.7 Å². The first-order valence-corrected chi connectivity index (χ1v) is 9.35. The minimum absolute atomic E-state index is 0.261. The Hall–Kier alpha value is -3.56. The fraction of sp³-hybridized carbons (Fsp3) is 0.238. The van der Waals surface area contributed by atoms with E-state index >= 15 is 0 Å². The summed E-state index contributed by atoms with van der Waals surface area (Å²) >= 11 is 0. The molecule has 0 saturated carbocycles. The molecule has 0 saturated heterocycles. The first-order chi connectivity index (χ1) is 14.7. The number of rotatable bonds is 5. The second-order valence-corrected chi connectivity index (χ2v) is 7.49. The van der Waals surface area contributed by atoms with E-state index in [1.54, 1.807) is 30.5 Å². The second kappa shape index (κ2) is 7.60. The Balaban J connectivity index is 1.69. The summed E-state index contributed by atoms with van der Waals surface area (Å²) in [6.07, 6.45) is 0.185. The molecule has 0 aromatic carbocycles. The average molecular weight is 430 g/mol. The number of aromatic nitrogens is 6. The summed E-state index contributed by atoms with van der Waals surface area (Å²) in [4.78, 5) is 9.17. The van der Waals surface area contributed by atoms with Crippen molar-refractivity contribution in [1.82, 2.24) is 29.5 Å². The fourth-order valence-electron chi connectivity index (χ4n) is 3.08. The lowest BCUT2D eigenvalue weighted by Gasteiger charge is -2.24. The predicted octanol–water partition coefficient (Wildman–Crippen LogP) is 4.66. The summed E-state index contributed by atoms with van der Waals surface area (Å²) < 4.78 is 54.1. The summed E-state index contributed by atoms with van der Waals surface area (Å²) in [6, 6.07) is 10.5. The van der Waals surface area contributed by atoms with Crippen LogP contribution in [-0.2, 0) is 18.3 Å². The van der Waals surface area contributed by atoms with E-state index in [9.17, 15) is 17.6 Å². The van der Waals surface area contributed by atoms with Crippen LogP contribution in [-0.4, -0.2) is 29.5 Å². The van der Waals surface area contributed by atoms with E-state index in [0.29, 0.717) is 22.8 Å². The van der Waals surface area contributed by atoms with Gasteiger partial charge in [0.2, 0.25) is 0 Å². The summed E-state index contributed by atoms with van der Waals surface area (Å²) in [5.41, 5.74) is 0.188. The number of halogens is 4. The lowest BCUT2D eigenvalue weighted by molar-refractivity contribution is -0.137. The molecule has 4 rings (SSSR count). The highest BCUT2D eigenvalue weighted by Gasteiger charge is 2.33. The van der Waals surface area contributed by atoms with Crippen molar-refractivity contribution in [2.75, 3.05) is 0 Å². The third-order valence-corrected chi connectivity index (χ3v) is 4.92. The van der Waals surface area contributed by atoms with Crippen LogP contribution in [0, 0.1) is 0 Å². The van der Waals surface area contributed by atoms with Gasteiger partial charge in [-0.05, 0) is 38.1 Å². The van der Waals surface area contributed by atoms with E-state index < -0.39 is 23.8 Å². The monoisotopic (exact) mass is 430 g/mol. The molecule has 0 bridgehead atoms. The molecule has 0 aliphatic carbocycles. The molecular weight excluding hydrogens is 412 g/mol. The number of alkyl halides is 4. The molecule has 4 aromatic heterocycles. The molecule has 0 N–H and O–H groups in total. The summed E-state index contributed by atoms with van der Waals surface area (Å²) in [5.74, 6) is 0.778. The van der Waals surface area contributed by atoms with E-state index in [1.807, 2.05) is 26.0 Å². The summed E-state index contributed by atoms with van der Waals surface area (Å²) in [5, 5.41) is 7.91. The fourth-order valence-corrected chi connectivity index (χ4v) is 3.08. The Morgan fingerprint density at radius 1 is 0.806 bits per heavy atom. The topological polar surface area (TPSA) is 61.4 Å². The zero-order valence-corrected chi connectivity index (χ0v) is 16.7. The van der Waals surface area contributed by atoms with Crippen LogP contribution in [0.3, 0.4) is 0 Å². The quantitative estimate of drug-likeness (QED) is 0.432. The Morgan fingerprint density at radius 3 is 1.84 bits per heavy atom. The Kier molecular flexibility index (Phi) is 5.08. The predicted molar refractivity (Wildman–Crippen MR) is 105 cm³/mol. The van der Waals surface area contributed by atoms with Crippen molar-refractivity contribution in [3.8, 4) is 11.6 Å². The maximum atomic E-state index is 12.9. The van der Waals surface area contributed by atoms with E-state index in [-0.39, 0.29) is 5.82 Å². The lowest BCUT2D eigenvalue weighted by Crippen LogP contribution is -2.23. The van der Waals surface area contributed by atoms with Gasteiger partial charge in [0.05, 0.1) is 29.3 Å². The van der Waals surface area contributed by atoms with Crippen LogP contribution in [0.5, 0.6) is 0 Å². The number of nitrogens with zero attached hydrogens (tertiary/aromatic N) is 6. The largest absolute Gasteiger partial charge is 0.419 e. The van der Waals surface area contributed by atoms with Crippen LogP contribution in [0.2, 0.25) is 0 Å². The Bertz CT molecular complexity index is 1210. The second-order valence-electron chi connectivity index (χ2n) is 7.49. The van der Waals surface area contributed by atoms with E-state index in [4.69, 9.17) is 0 Å². The Morgan fingerprint density at radius 2 is 1.35 bits per heavy atom. The molecule has 0 spiro atoms. The molecule has 0 amide bonds. The van der Waals surface area contributed by atoms with Gasteiger partial charge >= 0.3 is 6.18 Å². The molecule has 4 heterocycles. The molecule has 6 nitrogen and oxygen atoms in total. The van der Waals surface area contributed by atoms with Crippen molar-refractivity contribution in [3.63, 3.8) is 0 Å². The standard InChI is InChI=1S/C21H18F4N6/c1-20(2,16-5-3-7-18(28-16)30-12-14(9-22)10-26-30)17-6-4-8-19(29-17)31-13-15(11-27-31)21(23,24)25/h3-8,10-13H,9H2,1-2H3. The Labute approximate surface area is 175 Å². The van der Waals surface area contributed by atoms with Crippen LogP contribution >= 0.6 is 0 Å². The molecular formula is C21H18F4N6. The highest BCUT2D eigenvalue weighted by molar-refractivity contribution is 5.36. The van der Waals surface area contributed by atoms with Gasteiger partial charge in [0.1, 0.15) is 6.67 Å². The summed E-state index contributed by atoms with van der Waals surface area (Å²) in [7, 11) is 0. The van der Waals surface area contributed by atoms with Crippen molar-refractivity contribution in [2.24, 2.45) is 0 Å². The van der Waals surface area contributed by atoms with Crippen LogP contribution < -0.4 is 0 Å². The molecule has 160 valence electrons.